The van der Waals surface area contributed by atoms with Crippen LogP contribution in [0.1, 0.15) is 18.9 Å². The van der Waals surface area contributed by atoms with Gasteiger partial charge in [0.15, 0.2) is 6.10 Å². The third-order valence-corrected chi connectivity index (χ3v) is 5.11. The lowest BCUT2D eigenvalue weighted by Crippen LogP contribution is -2.52. The standard InChI is InChI=1S/C22H25F3N2O3/c1-3-20(30-19-9-7-18(29-2)8-10-19)21(28)27-13-11-26(12-14-27)17-6-4-5-16(15-17)22(23,24)25/h4-10,15,20H,3,11-14H2,1-2H3/t20-/m1/s1. The van der Waals surface area contributed by atoms with Crippen LogP contribution in [0.4, 0.5) is 18.9 Å². The SMILES string of the molecule is CC[C@@H](Oc1ccc(OC)cc1)C(=O)N1CCN(c2cccc(C(F)(F)F)c2)CC1. The molecule has 1 aliphatic heterocycles. The lowest BCUT2D eigenvalue weighted by Gasteiger charge is -2.37. The Morgan fingerprint density at radius 2 is 1.67 bits per heavy atom. The van der Waals surface area contributed by atoms with Crippen LogP contribution in [0.5, 0.6) is 11.5 Å². The van der Waals surface area contributed by atoms with Gasteiger partial charge in [-0.15, -0.1) is 0 Å². The van der Waals surface area contributed by atoms with E-state index in [1.807, 2.05) is 11.8 Å². The number of hydrogen-bond donors (Lipinski definition) is 0. The van der Waals surface area contributed by atoms with Crippen molar-refractivity contribution in [3.05, 3.63) is 54.1 Å². The van der Waals surface area contributed by atoms with E-state index in [9.17, 15) is 18.0 Å². The molecule has 1 fully saturated rings. The van der Waals surface area contributed by atoms with Gasteiger partial charge in [-0.25, -0.2) is 0 Å². The molecule has 0 N–H and O–H groups in total. The second kappa shape index (κ2) is 9.28. The van der Waals surface area contributed by atoms with Crippen LogP contribution in [0, 0.1) is 0 Å². The van der Waals surface area contributed by atoms with Crippen LogP contribution in [0.3, 0.4) is 0 Å². The van der Waals surface area contributed by atoms with Gasteiger partial charge in [-0.2, -0.15) is 13.2 Å². The Labute approximate surface area is 174 Å². The van der Waals surface area contributed by atoms with Gasteiger partial charge in [0.05, 0.1) is 12.7 Å². The van der Waals surface area contributed by atoms with Gasteiger partial charge in [-0.1, -0.05) is 13.0 Å². The summed E-state index contributed by atoms with van der Waals surface area (Å²) in [5.41, 5.74) is -0.157. The summed E-state index contributed by atoms with van der Waals surface area (Å²) < 4.78 is 49.9. The molecule has 162 valence electrons. The maximum atomic E-state index is 13.0. The highest BCUT2D eigenvalue weighted by Gasteiger charge is 2.32. The lowest BCUT2D eigenvalue weighted by molar-refractivity contribution is -0.139. The van der Waals surface area contributed by atoms with Gasteiger partial charge < -0.3 is 19.3 Å². The monoisotopic (exact) mass is 422 g/mol. The first-order valence-corrected chi connectivity index (χ1v) is 9.83. The largest absolute Gasteiger partial charge is 0.497 e. The molecule has 0 aromatic heterocycles. The summed E-state index contributed by atoms with van der Waals surface area (Å²) >= 11 is 0. The smallest absolute Gasteiger partial charge is 0.416 e. The summed E-state index contributed by atoms with van der Waals surface area (Å²) in [6, 6.07) is 12.3. The average Bonchev–Trinajstić information content (AvgIpc) is 2.77. The van der Waals surface area contributed by atoms with Gasteiger partial charge in [-0.3, -0.25) is 4.79 Å². The molecule has 5 nitrogen and oxygen atoms in total. The van der Waals surface area contributed by atoms with E-state index in [-0.39, 0.29) is 5.91 Å². The van der Waals surface area contributed by atoms with E-state index in [0.29, 0.717) is 49.8 Å². The number of methoxy groups -OCH3 is 1. The third-order valence-electron chi connectivity index (χ3n) is 5.11. The number of nitrogens with zero attached hydrogens (tertiary/aromatic N) is 2. The first-order valence-electron chi connectivity index (χ1n) is 9.83. The number of hydrogen-bond acceptors (Lipinski definition) is 4. The molecule has 3 rings (SSSR count). The van der Waals surface area contributed by atoms with Crippen LogP contribution in [-0.4, -0.2) is 50.2 Å². The topological polar surface area (TPSA) is 42.0 Å². The van der Waals surface area contributed by atoms with Crippen LogP contribution >= 0.6 is 0 Å². The molecule has 0 bridgehead atoms. The van der Waals surface area contributed by atoms with Gasteiger partial charge in [-0.05, 0) is 48.9 Å². The van der Waals surface area contributed by atoms with Crippen molar-refractivity contribution in [2.75, 3.05) is 38.2 Å². The van der Waals surface area contributed by atoms with E-state index < -0.39 is 17.8 Å². The summed E-state index contributed by atoms with van der Waals surface area (Å²) in [6.07, 6.45) is -4.47. The Bertz CT molecular complexity index is 847. The van der Waals surface area contributed by atoms with Crippen LogP contribution < -0.4 is 14.4 Å². The second-order valence-corrected chi connectivity index (χ2v) is 7.05. The van der Waals surface area contributed by atoms with Crippen molar-refractivity contribution in [3.8, 4) is 11.5 Å². The number of benzene rings is 2. The van der Waals surface area contributed by atoms with Gasteiger partial charge in [0, 0.05) is 31.9 Å². The maximum Gasteiger partial charge on any atom is 0.416 e. The Morgan fingerprint density at radius 3 is 2.23 bits per heavy atom. The molecule has 2 aromatic carbocycles. The lowest BCUT2D eigenvalue weighted by atomic mass is 10.1. The van der Waals surface area contributed by atoms with E-state index in [1.165, 1.54) is 6.07 Å². The van der Waals surface area contributed by atoms with Crippen LogP contribution in [0.15, 0.2) is 48.5 Å². The fourth-order valence-electron chi connectivity index (χ4n) is 3.39. The molecule has 8 heteroatoms. The van der Waals surface area contributed by atoms with Gasteiger partial charge >= 0.3 is 6.18 Å². The quantitative estimate of drug-likeness (QED) is 0.699. The number of amides is 1. The molecule has 1 saturated heterocycles. The molecule has 1 heterocycles. The number of piperazine rings is 1. The second-order valence-electron chi connectivity index (χ2n) is 7.05. The minimum atomic E-state index is -4.37. The summed E-state index contributed by atoms with van der Waals surface area (Å²) in [5.74, 6) is 1.17. The van der Waals surface area contributed by atoms with Crippen molar-refractivity contribution in [2.45, 2.75) is 25.6 Å². The molecule has 2 aromatic rings. The van der Waals surface area contributed by atoms with E-state index in [4.69, 9.17) is 9.47 Å². The normalized spacial score (nSPS) is 15.6. The zero-order valence-corrected chi connectivity index (χ0v) is 17.0. The maximum absolute atomic E-state index is 13.0. The fourth-order valence-corrected chi connectivity index (χ4v) is 3.39. The molecule has 30 heavy (non-hydrogen) atoms. The van der Waals surface area contributed by atoms with E-state index >= 15 is 0 Å². The Morgan fingerprint density at radius 1 is 1.03 bits per heavy atom. The highest BCUT2D eigenvalue weighted by Crippen LogP contribution is 2.32. The predicted molar refractivity (Wildman–Crippen MR) is 108 cm³/mol. The summed E-state index contributed by atoms with van der Waals surface area (Å²) in [4.78, 5) is 16.5. The van der Waals surface area contributed by atoms with Crippen molar-refractivity contribution >= 4 is 11.6 Å². The highest BCUT2D eigenvalue weighted by molar-refractivity contribution is 5.81. The fraction of sp³-hybridized carbons (Fsp3) is 0.409. The Kier molecular flexibility index (Phi) is 6.74. The molecule has 1 atom stereocenters. The van der Waals surface area contributed by atoms with Crippen molar-refractivity contribution in [1.82, 2.24) is 4.90 Å². The molecule has 0 saturated carbocycles. The molecule has 1 aliphatic rings. The molecule has 0 spiro atoms. The van der Waals surface area contributed by atoms with Crippen molar-refractivity contribution in [2.24, 2.45) is 0 Å². The number of rotatable bonds is 6. The van der Waals surface area contributed by atoms with E-state index in [0.717, 1.165) is 12.1 Å². The highest BCUT2D eigenvalue weighted by atomic mass is 19.4. The van der Waals surface area contributed by atoms with Crippen LogP contribution in [-0.2, 0) is 11.0 Å². The number of carbonyl (C=O) groups is 1. The first kappa shape index (κ1) is 21.8. The number of alkyl halides is 3. The number of carbonyl (C=O) groups excluding carboxylic acids is 1. The molecular weight excluding hydrogens is 397 g/mol. The number of halogens is 3. The average molecular weight is 422 g/mol. The third kappa shape index (κ3) is 5.17. The predicted octanol–water partition coefficient (Wildman–Crippen LogP) is 4.22. The Hall–Kier alpha value is -2.90. The molecule has 1 amide bonds. The summed E-state index contributed by atoms with van der Waals surface area (Å²) in [5, 5.41) is 0. The molecule has 0 aliphatic carbocycles. The van der Waals surface area contributed by atoms with Gasteiger partial charge in [0.1, 0.15) is 11.5 Å². The minimum absolute atomic E-state index is 0.114. The van der Waals surface area contributed by atoms with Crippen LogP contribution in [0.2, 0.25) is 0 Å². The number of ether oxygens (including phenoxy) is 2. The van der Waals surface area contributed by atoms with Gasteiger partial charge in [0.25, 0.3) is 5.91 Å². The Balaban J connectivity index is 1.59. The summed E-state index contributed by atoms with van der Waals surface area (Å²) in [7, 11) is 1.58. The molecule has 0 unspecified atom stereocenters. The molecule has 0 radical (unpaired) electrons. The van der Waals surface area contributed by atoms with Crippen molar-refractivity contribution in [1.29, 1.82) is 0 Å². The zero-order chi connectivity index (χ0) is 21.7. The van der Waals surface area contributed by atoms with E-state index in [2.05, 4.69) is 0 Å². The van der Waals surface area contributed by atoms with Gasteiger partial charge in [0.2, 0.25) is 0 Å². The summed E-state index contributed by atoms with van der Waals surface area (Å²) in [6.45, 7) is 3.66. The van der Waals surface area contributed by atoms with E-state index in [1.54, 1.807) is 42.3 Å². The number of anilines is 1. The zero-order valence-electron chi connectivity index (χ0n) is 17.0. The van der Waals surface area contributed by atoms with Crippen molar-refractivity contribution in [3.63, 3.8) is 0 Å². The van der Waals surface area contributed by atoms with Crippen molar-refractivity contribution < 1.29 is 27.4 Å². The minimum Gasteiger partial charge on any atom is -0.497 e. The first-order chi connectivity index (χ1) is 14.3. The molecular formula is C22H25F3N2O3. The van der Waals surface area contributed by atoms with Crippen LogP contribution in [0.25, 0.3) is 0 Å².